The number of aliphatic hydroxyl groups is 1. The molecule has 0 saturated carbocycles. The van der Waals surface area contributed by atoms with Crippen molar-refractivity contribution in [1.82, 2.24) is 0 Å². The van der Waals surface area contributed by atoms with Crippen LogP contribution in [0, 0.1) is 12.8 Å². The van der Waals surface area contributed by atoms with Gasteiger partial charge in [-0.05, 0) is 54.1 Å². The summed E-state index contributed by atoms with van der Waals surface area (Å²) in [4.78, 5) is 0. The first kappa shape index (κ1) is 15.0. The Morgan fingerprint density at radius 1 is 1.20 bits per heavy atom. The minimum absolute atomic E-state index is 0.116. The summed E-state index contributed by atoms with van der Waals surface area (Å²) >= 11 is 6.18. The third-order valence-electron chi connectivity index (χ3n) is 3.62. The van der Waals surface area contributed by atoms with Crippen LogP contribution in [0.4, 0.5) is 0 Å². The van der Waals surface area contributed by atoms with Crippen LogP contribution in [0.2, 0.25) is 5.02 Å². The van der Waals surface area contributed by atoms with Gasteiger partial charge in [0.25, 0.3) is 0 Å². The second kappa shape index (κ2) is 6.89. The summed E-state index contributed by atoms with van der Waals surface area (Å²) in [5.41, 5.74) is 10.2. The number of hydrogen-bond acceptors (Lipinski definition) is 2. The van der Waals surface area contributed by atoms with E-state index in [4.69, 9.17) is 17.3 Å². The first-order valence-corrected chi connectivity index (χ1v) is 7.19. The van der Waals surface area contributed by atoms with Crippen molar-refractivity contribution in [3.8, 4) is 11.1 Å². The van der Waals surface area contributed by atoms with Crippen molar-refractivity contribution in [3.63, 3.8) is 0 Å². The molecule has 0 aliphatic rings. The Bertz CT molecular complexity index is 579. The average Bonchev–Trinajstić information content (AvgIpc) is 2.48. The molecule has 1 atom stereocenters. The first-order chi connectivity index (χ1) is 9.65. The fraction of sp³-hybridized carbons (Fsp3) is 0.294. The Morgan fingerprint density at radius 2 is 1.95 bits per heavy atom. The fourth-order valence-electron chi connectivity index (χ4n) is 2.34. The summed E-state index contributed by atoms with van der Waals surface area (Å²) in [6.07, 6.45) is 0.792. The molecule has 0 bridgehead atoms. The highest BCUT2D eigenvalue weighted by Crippen LogP contribution is 2.29. The predicted molar refractivity (Wildman–Crippen MR) is 85.0 cm³/mol. The minimum atomic E-state index is 0.116. The molecule has 0 saturated heterocycles. The third-order valence-corrected chi connectivity index (χ3v) is 4.03. The smallest absolute Gasteiger partial charge is 0.0474 e. The summed E-state index contributed by atoms with van der Waals surface area (Å²) < 4.78 is 0. The molecule has 3 N–H and O–H groups in total. The van der Waals surface area contributed by atoms with E-state index in [1.807, 2.05) is 25.1 Å². The Balaban J connectivity index is 2.32. The molecule has 0 aliphatic carbocycles. The van der Waals surface area contributed by atoms with E-state index in [0.717, 1.165) is 28.1 Å². The van der Waals surface area contributed by atoms with Gasteiger partial charge in [0, 0.05) is 11.6 Å². The SMILES string of the molecule is Cc1c(Cl)cccc1-c1cccc(CC(CN)CO)c1. The van der Waals surface area contributed by atoms with Gasteiger partial charge in [0.05, 0.1) is 0 Å². The van der Waals surface area contributed by atoms with Gasteiger partial charge in [0.1, 0.15) is 0 Å². The molecular formula is C17H20ClNO. The second-order valence-corrected chi connectivity index (χ2v) is 5.51. The fourth-order valence-corrected chi connectivity index (χ4v) is 2.52. The Labute approximate surface area is 125 Å². The first-order valence-electron chi connectivity index (χ1n) is 6.81. The van der Waals surface area contributed by atoms with Crippen LogP contribution in [0.1, 0.15) is 11.1 Å². The maximum absolute atomic E-state index is 9.26. The van der Waals surface area contributed by atoms with Crippen LogP contribution in [-0.4, -0.2) is 18.3 Å². The van der Waals surface area contributed by atoms with Crippen LogP contribution in [0.3, 0.4) is 0 Å². The van der Waals surface area contributed by atoms with Gasteiger partial charge in [0.15, 0.2) is 0 Å². The normalized spacial score (nSPS) is 12.4. The number of aliphatic hydroxyl groups excluding tert-OH is 1. The van der Waals surface area contributed by atoms with Crippen LogP contribution >= 0.6 is 11.6 Å². The van der Waals surface area contributed by atoms with Gasteiger partial charge in [-0.25, -0.2) is 0 Å². The van der Waals surface area contributed by atoms with E-state index >= 15 is 0 Å². The molecule has 0 heterocycles. The van der Waals surface area contributed by atoms with Crippen molar-refractivity contribution in [2.45, 2.75) is 13.3 Å². The highest BCUT2D eigenvalue weighted by molar-refractivity contribution is 6.31. The summed E-state index contributed by atoms with van der Waals surface area (Å²) in [7, 11) is 0. The number of rotatable bonds is 5. The van der Waals surface area contributed by atoms with E-state index in [-0.39, 0.29) is 12.5 Å². The summed E-state index contributed by atoms with van der Waals surface area (Å²) in [5, 5.41) is 10.0. The molecule has 2 aromatic carbocycles. The molecule has 106 valence electrons. The zero-order valence-corrected chi connectivity index (χ0v) is 12.4. The maximum atomic E-state index is 9.26. The van der Waals surface area contributed by atoms with Crippen molar-refractivity contribution in [1.29, 1.82) is 0 Å². The lowest BCUT2D eigenvalue weighted by Gasteiger charge is -2.13. The number of nitrogens with two attached hydrogens (primary N) is 1. The third kappa shape index (κ3) is 3.40. The van der Waals surface area contributed by atoms with E-state index in [1.165, 1.54) is 5.56 Å². The van der Waals surface area contributed by atoms with E-state index in [2.05, 4.69) is 24.3 Å². The van der Waals surface area contributed by atoms with E-state index in [9.17, 15) is 5.11 Å². The molecular weight excluding hydrogens is 270 g/mol. The second-order valence-electron chi connectivity index (χ2n) is 5.10. The van der Waals surface area contributed by atoms with Crippen LogP contribution in [0.5, 0.6) is 0 Å². The van der Waals surface area contributed by atoms with Gasteiger partial charge in [-0.3, -0.25) is 0 Å². The van der Waals surface area contributed by atoms with Gasteiger partial charge in [0.2, 0.25) is 0 Å². The zero-order chi connectivity index (χ0) is 14.5. The van der Waals surface area contributed by atoms with Crippen LogP contribution in [-0.2, 0) is 6.42 Å². The van der Waals surface area contributed by atoms with Gasteiger partial charge >= 0.3 is 0 Å². The highest BCUT2D eigenvalue weighted by Gasteiger charge is 2.09. The molecule has 0 amide bonds. The number of halogens is 1. The summed E-state index contributed by atoms with van der Waals surface area (Å²) in [6.45, 7) is 2.65. The lowest BCUT2D eigenvalue weighted by molar-refractivity contribution is 0.230. The predicted octanol–water partition coefficient (Wildman–Crippen LogP) is 3.43. The monoisotopic (exact) mass is 289 g/mol. The molecule has 2 rings (SSSR count). The van der Waals surface area contributed by atoms with Crippen molar-refractivity contribution in [2.75, 3.05) is 13.2 Å². The van der Waals surface area contributed by atoms with Crippen LogP contribution in [0.25, 0.3) is 11.1 Å². The molecule has 0 fully saturated rings. The molecule has 3 heteroatoms. The van der Waals surface area contributed by atoms with Gasteiger partial charge in [-0.1, -0.05) is 48.0 Å². The lowest BCUT2D eigenvalue weighted by atomic mass is 9.95. The van der Waals surface area contributed by atoms with Gasteiger partial charge in [-0.2, -0.15) is 0 Å². The summed E-state index contributed by atoms with van der Waals surface area (Å²) in [5.74, 6) is 0.116. The Hall–Kier alpha value is -1.35. The van der Waals surface area contributed by atoms with Gasteiger partial charge in [-0.15, -0.1) is 0 Å². The number of hydrogen-bond donors (Lipinski definition) is 2. The van der Waals surface area contributed by atoms with Crippen molar-refractivity contribution < 1.29 is 5.11 Å². The van der Waals surface area contributed by atoms with Gasteiger partial charge < -0.3 is 10.8 Å². The van der Waals surface area contributed by atoms with Crippen molar-refractivity contribution >= 4 is 11.6 Å². The Kier molecular flexibility index (Phi) is 5.18. The van der Waals surface area contributed by atoms with E-state index in [0.29, 0.717) is 6.54 Å². The molecule has 2 aromatic rings. The highest BCUT2D eigenvalue weighted by atomic mass is 35.5. The topological polar surface area (TPSA) is 46.2 Å². The summed E-state index contributed by atoms with van der Waals surface area (Å²) in [6, 6.07) is 14.3. The molecule has 0 spiro atoms. The minimum Gasteiger partial charge on any atom is -0.396 e. The zero-order valence-electron chi connectivity index (χ0n) is 11.6. The average molecular weight is 290 g/mol. The molecule has 2 nitrogen and oxygen atoms in total. The van der Waals surface area contributed by atoms with Crippen LogP contribution in [0.15, 0.2) is 42.5 Å². The molecule has 0 radical (unpaired) electrons. The quantitative estimate of drug-likeness (QED) is 0.886. The van der Waals surface area contributed by atoms with Crippen molar-refractivity contribution in [2.24, 2.45) is 11.7 Å². The van der Waals surface area contributed by atoms with E-state index < -0.39 is 0 Å². The maximum Gasteiger partial charge on any atom is 0.0474 e. The molecule has 20 heavy (non-hydrogen) atoms. The van der Waals surface area contributed by atoms with Crippen LogP contribution < -0.4 is 5.73 Å². The number of benzene rings is 2. The molecule has 0 aromatic heterocycles. The van der Waals surface area contributed by atoms with E-state index in [1.54, 1.807) is 0 Å². The molecule has 0 aliphatic heterocycles. The lowest BCUT2D eigenvalue weighted by Crippen LogP contribution is -2.20. The molecule has 1 unspecified atom stereocenters. The largest absolute Gasteiger partial charge is 0.396 e. The van der Waals surface area contributed by atoms with Crippen molar-refractivity contribution in [3.05, 3.63) is 58.6 Å². The Morgan fingerprint density at radius 3 is 2.65 bits per heavy atom. The standard InChI is InChI=1S/C17H20ClNO/c1-12-16(6-3-7-17(12)18)15-5-2-4-13(9-15)8-14(10-19)11-20/h2-7,9,14,20H,8,10-11,19H2,1H3.